The molecule has 6 atom stereocenters. The van der Waals surface area contributed by atoms with Crippen LogP contribution in [0.15, 0.2) is 43.5 Å². The maximum Gasteiger partial charge on any atom is 0.313 e. The number of aliphatic hydroxyl groups excluding tert-OH is 1. The Morgan fingerprint density at radius 2 is 2.03 bits per heavy atom. The van der Waals surface area contributed by atoms with Gasteiger partial charge in [-0.25, -0.2) is 0 Å². The number of halogens is 1. The topological polar surface area (TPSA) is 96.4 Å². The van der Waals surface area contributed by atoms with Crippen molar-refractivity contribution in [3.05, 3.63) is 54.1 Å². The lowest BCUT2D eigenvalue weighted by atomic mass is 9.66. The van der Waals surface area contributed by atoms with Crippen molar-refractivity contribution in [2.24, 2.45) is 17.8 Å². The third-order valence-electron chi connectivity index (χ3n) is 8.43. The summed E-state index contributed by atoms with van der Waals surface area (Å²) in [4.78, 5) is 45.4. The molecule has 3 fully saturated rings. The summed E-state index contributed by atoms with van der Waals surface area (Å²) in [7, 11) is 0. The van der Waals surface area contributed by atoms with Gasteiger partial charge in [0.1, 0.15) is 24.2 Å². The fourth-order valence-electron chi connectivity index (χ4n) is 6.98. The minimum Gasteiger partial charge on any atom is -0.461 e. The number of aryl methyl sites for hydroxylation is 1. The number of anilines is 1. The van der Waals surface area contributed by atoms with E-state index in [0.29, 0.717) is 30.0 Å². The lowest BCUT2D eigenvalue weighted by Gasteiger charge is -2.40. The van der Waals surface area contributed by atoms with Gasteiger partial charge in [0, 0.05) is 6.54 Å². The van der Waals surface area contributed by atoms with E-state index in [1.807, 2.05) is 39.8 Å². The van der Waals surface area contributed by atoms with E-state index in [4.69, 9.17) is 21.1 Å². The van der Waals surface area contributed by atoms with Crippen LogP contribution >= 0.6 is 11.6 Å². The average molecular weight is 559 g/mol. The number of rotatable bonds is 11. The maximum absolute atomic E-state index is 14.7. The molecule has 0 radical (unpaired) electrons. The van der Waals surface area contributed by atoms with Crippen LogP contribution in [0.3, 0.4) is 0 Å². The van der Waals surface area contributed by atoms with Crippen molar-refractivity contribution < 1.29 is 29.0 Å². The fourth-order valence-corrected chi connectivity index (χ4v) is 7.30. The van der Waals surface area contributed by atoms with Gasteiger partial charge < -0.3 is 24.4 Å². The van der Waals surface area contributed by atoms with E-state index in [0.717, 1.165) is 5.56 Å². The predicted octanol–water partition coefficient (Wildman–Crippen LogP) is 4.07. The van der Waals surface area contributed by atoms with Gasteiger partial charge in [-0.15, -0.1) is 6.58 Å². The van der Waals surface area contributed by atoms with Crippen LogP contribution in [0, 0.1) is 24.7 Å². The molecule has 3 aliphatic heterocycles. The molecule has 3 aliphatic rings. The first-order valence-corrected chi connectivity index (χ1v) is 13.9. The number of benzene rings is 1. The number of carbonyl (C=O) groups is 3. The molecule has 0 aromatic heterocycles. The molecule has 0 saturated carbocycles. The molecular formula is C30H39ClN2O6. The number of likely N-dealkylation sites (tertiary alicyclic amines) is 1. The normalized spacial score (nSPS) is 29.9. The molecule has 39 heavy (non-hydrogen) atoms. The van der Waals surface area contributed by atoms with Crippen LogP contribution in [0.25, 0.3) is 0 Å². The van der Waals surface area contributed by atoms with Crippen molar-refractivity contribution in [1.29, 1.82) is 0 Å². The Balaban J connectivity index is 1.88. The average Bonchev–Trinajstić information content (AvgIpc) is 3.45. The third-order valence-corrected chi connectivity index (χ3v) is 8.73. The summed E-state index contributed by atoms with van der Waals surface area (Å²) >= 11 is 6.61. The number of aliphatic hydroxyl groups is 1. The molecule has 9 heteroatoms. The molecule has 4 rings (SSSR count). The molecule has 1 spiro atoms. The highest BCUT2D eigenvalue weighted by Crippen LogP contribution is 2.64. The van der Waals surface area contributed by atoms with Crippen molar-refractivity contribution in [3.63, 3.8) is 0 Å². The second-order valence-corrected chi connectivity index (χ2v) is 11.9. The molecule has 2 amide bonds. The Kier molecular flexibility index (Phi) is 8.31. The summed E-state index contributed by atoms with van der Waals surface area (Å²) in [6.07, 6.45) is 4.47. The van der Waals surface area contributed by atoms with Gasteiger partial charge >= 0.3 is 5.97 Å². The van der Waals surface area contributed by atoms with Gasteiger partial charge in [0.2, 0.25) is 5.91 Å². The van der Waals surface area contributed by atoms with Gasteiger partial charge in [-0.2, -0.15) is 0 Å². The lowest BCUT2D eigenvalue weighted by molar-refractivity contribution is -0.159. The number of amides is 2. The van der Waals surface area contributed by atoms with Crippen molar-refractivity contribution >= 4 is 35.1 Å². The molecule has 1 aromatic rings. The standard InChI is InChI=1S/C30H39ClN2O6/c1-7-14-32(24-19(5)10-9-11-21(24)31)27(36)25-30-13-12-29(6,39-30)23(28(37)38-15-8-2)22(30)26(35)33(25)20(17-34)16-18(3)4/h7-11,18,20,22-23,25,34H,1-2,12-17H2,3-6H3/t20-,22+,23+,25?,29-,30?/m1/s1. The molecule has 2 bridgehead atoms. The molecule has 8 nitrogen and oxygen atoms in total. The minimum absolute atomic E-state index is 0.0108. The largest absolute Gasteiger partial charge is 0.461 e. The van der Waals surface area contributed by atoms with Crippen LogP contribution in [0.2, 0.25) is 5.02 Å². The Morgan fingerprint density at radius 1 is 1.31 bits per heavy atom. The Labute approximate surface area is 235 Å². The van der Waals surface area contributed by atoms with E-state index in [2.05, 4.69) is 13.2 Å². The third kappa shape index (κ3) is 4.70. The summed E-state index contributed by atoms with van der Waals surface area (Å²) in [5.41, 5.74) is -0.890. The Bertz CT molecular complexity index is 1150. The highest BCUT2D eigenvalue weighted by Gasteiger charge is 2.79. The first-order chi connectivity index (χ1) is 18.5. The highest BCUT2D eigenvalue weighted by atomic mass is 35.5. The quantitative estimate of drug-likeness (QED) is 0.325. The van der Waals surface area contributed by atoms with Gasteiger partial charge in [0.05, 0.1) is 34.9 Å². The smallest absolute Gasteiger partial charge is 0.313 e. The molecule has 1 N–H and O–H groups in total. The first kappa shape index (κ1) is 29.3. The number of carbonyl (C=O) groups excluding carboxylic acids is 3. The molecule has 212 valence electrons. The molecule has 1 aromatic carbocycles. The van der Waals surface area contributed by atoms with Crippen molar-refractivity contribution in [1.82, 2.24) is 4.90 Å². The maximum atomic E-state index is 14.7. The number of ether oxygens (including phenoxy) is 2. The Morgan fingerprint density at radius 3 is 2.62 bits per heavy atom. The summed E-state index contributed by atoms with van der Waals surface area (Å²) in [5.74, 6) is -2.95. The van der Waals surface area contributed by atoms with Crippen molar-refractivity contribution in [2.75, 3.05) is 24.7 Å². The minimum atomic E-state index is -1.25. The molecule has 2 unspecified atom stereocenters. The van der Waals surface area contributed by atoms with E-state index >= 15 is 0 Å². The van der Waals surface area contributed by atoms with Gasteiger partial charge in [-0.05, 0) is 50.7 Å². The summed E-state index contributed by atoms with van der Waals surface area (Å²) in [6, 6.07) is 3.68. The summed E-state index contributed by atoms with van der Waals surface area (Å²) in [6.45, 7) is 15.0. The zero-order chi connectivity index (χ0) is 28.7. The van der Waals surface area contributed by atoms with Gasteiger partial charge in [-0.3, -0.25) is 14.4 Å². The second kappa shape index (κ2) is 11.1. The number of hydrogen-bond donors (Lipinski definition) is 1. The number of fused-ring (bicyclic) bond motifs is 1. The van der Waals surface area contributed by atoms with E-state index in [-0.39, 0.29) is 37.5 Å². The number of hydrogen-bond acceptors (Lipinski definition) is 6. The van der Waals surface area contributed by atoms with Gasteiger partial charge in [0.15, 0.2) is 0 Å². The summed E-state index contributed by atoms with van der Waals surface area (Å²) < 4.78 is 12.1. The summed E-state index contributed by atoms with van der Waals surface area (Å²) in [5, 5.41) is 10.9. The zero-order valence-electron chi connectivity index (χ0n) is 23.2. The molecular weight excluding hydrogens is 520 g/mol. The van der Waals surface area contributed by atoms with Crippen molar-refractivity contribution in [2.45, 2.75) is 70.2 Å². The van der Waals surface area contributed by atoms with Crippen LogP contribution in [-0.2, 0) is 23.9 Å². The van der Waals surface area contributed by atoms with Crippen LogP contribution in [0.4, 0.5) is 5.69 Å². The van der Waals surface area contributed by atoms with Gasteiger partial charge in [0.25, 0.3) is 5.91 Å². The van der Waals surface area contributed by atoms with E-state index in [1.165, 1.54) is 11.0 Å². The first-order valence-electron chi connectivity index (χ1n) is 13.6. The Hall–Kier alpha value is -2.68. The SMILES string of the molecule is C=CCOC(=O)[C@@H]1[C@H]2C(=O)N([C@@H](CO)CC(C)C)C(C(=O)N(CC=C)c3c(C)cccc3Cl)C23CC[C@@]1(C)O3. The highest BCUT2D eigenvalue weighted by molar-refractivity contribution is 6.34. The van der Waals surface area contributed by atoms with Crippen LogP contribution in [-0.4, -0.2) is 70.8 Å². The van der Waals surface area contributed by atoms with E-state index in [9.17, 15) is 19.5 Å². The van der Waals surface area contributed by atoms with Crippen molar-refractivity contribution in [3.8, 4) is 0 Å². The fraction of sp³-hybridized carbons (Fsp3) is 0.567. The lowest BCUT2D eigenvalue weighted by Crippen LogP contribution is -2.59. The molecule has 0 aliphatic carbocycles. The molecule has 3 heterocycles. The van der Waals surface area contributed by atoms with Crippen LogP contribution < -0.4 is 4.90 Å². The van der Waals surface area contributed by atoms with Gasteiger partial charge in [-0.1, -0.05) is 56.3 Å². The zero-order valence-corrected chi connectivity index (χ0v) is 23.9. The number of nitrogens with zero attached hydrogens (tertiary/aromatic N) is 2. The molecule has 3 saturated heterocycles. The van der Waals surface area contributed by atoms with E-state index < -0.39 is 41.1 Å². The van der Waals surface area contributed by atoms with Crippen LogP contribution in [0.1, 0.15) is 45.6 Å². The number of esters is 1. The predicted molar refractivity (Wildman–Crippen MR) is 149 cm³/mol. The van der Waals surface area contributed by atoms with Crippen LogP contribution in [0.5, 0.6) is 0 Å². The van der Waals surface area contributed by atoms with E-state index in [1.54, 1.807) is 17.0 Å². The second-order valence-electron chi connectivity index (χ2n) is 11.5. The number of para-hydroxylation sites is 1. The monoisotopic (exact) mass is 558 g/mol.